The van der Waals surface area contributed by atoms with E-state index in [0.29, 0.717) is 35.2 Å². The van der Waals surface area contributed by atoms with E-state index in [1.165, 1.54) is 0 Å². The first-order chi connectivity index (χ1) is 7.68. The van der Waals surface area contributed by atoms with Crippen LogP contribution in [0.4, 0.5) is 0 Å². The van der Waals surface area contributed by atoms with E-state index in [1.807, 2.05) is 0 Å². The normalized spacial score (nSPS) is 17.4. The lowest BCUT2D eigenvalue weighted by Crippen LogP contribution is -2.41. The lowest BCUT2D eigenvalue weighted by atomic mass is 10.2. The highest BCUT2D eigenvalue weighted by molar-refractivity contribution is 7.85. The molecule has 0 N–H and O–H groups in total. The Morgan fingerprint density at radius 1 is 1.25 bits per heavy atom. The molecule has 1 heterocycles. The van der Waals surface area contributed by atoms with Gasteiger partial charge in [-0.1, -0.05) is 23.7 Å². The largest absolute Gasteiger partial charge is 0.337 e. The van der Waals surface area contributed by atoms with Crippen LogP contribution in [0.2, 0.25) is 5.02 Å². The van der Waals surface area contributed by atoms with Gasteiger partial charge < -0.3 is 4.90 Å². The summed E-state index contributed by atoms with van der Waals surface area (Å²) in [4.78, 5) is 13.8. The van der Waals surface area contributed by atoms with Gasteiger partial charge >= 0.3 is 0 Å². The second-order valence-electron chi connectivity index (χ2n) is 3.62. The second-order valence-corrected chi connectivity index (χ2v) is 5.72. The number of rotatable bonds is 1. The summed E-state index contributed by atoms with van der Waals surface area (Å²) < 4.78 is 11.2. The molecule has 1 aromatic carbocycles. The summed E-state index contributed by atoms with van der Waals surface area (Å²) in [6.45, 7) is 1.10. The predicted octanol–water partition coefficient (Wildman–Crippen LogP) is 1.54. The molecule has 0 spiro atoms. The van der Waals surface area contributed by atoms with Crippen LogP contribution in [0.3, 0.4) is 0 Å². The van der Waals surface area contributed by atoms with Crippen LogP contribution < -0.4 is 0 Å². The third-order valence-corrected chi connectivity index (χ3v) is 4.17. The summed E-state index contributed by atoms with van der Waals surface area (Å²) in [5, 5.41) is 0.471. The Balaban J connectivity index is 2.14. The first-order valence-electron chi connectivity index (χ1n) is 5.07. The van der Waals surface area contributed by atoms with Gasteiger partial charge in [-0.3, -0.25) is 9.00 Å². The van der Waals surface area contributed by atoms with E-state index in [4.69, 9.17) is 11.6 Å². The lowest BCUT2D eigenvalue weighted by Gasteiger charge is -2.26. The Morgan fingerprint density at radius 3 is 2.50 bits per heavy atom. The van der Waals surface area contributed by atoms with Crippen molar-refractivity contribution in [3.05, 3.63) is 34.9 Å². The number of amides is 1. The van der Waals surface area contributed by atoms with Gasteiger partial charge in [0.15, 0.2) is 0 Å². The number of hydrogen-bond acceptors (Lipinski definition) is 2. The molecule has 3 nitrogen and oxygen atoms in total. The second kappa shape index (κ2) is 4.97. The quantitative estimate of drug-likeness (QED) is 0.766. The fourth-order valence-electron chi connectivity index (χ4n) is 1.65. The molecule has 5 heteroatoms. The van der Waals surface area contributed by atoms with Crippen molar-refractivity contribution >= 4 is 28.3 Å². The number of carbonyl (C=O) groups is 1. The molecule has 1 amide bonds. The molecule has 16 heavy (non-hydrogen) atoms. The maximum Gasteiger partial charge on any atom is 0.255 e. The van der Waals surface area contributed by atoms with E-state index in [-0.39, 0.29) is 5.91 Å². The average molecular weight is 258 g/mol. The first-order valence-corrected chi connectivity index (χ1v) is 6.94. The van der Waals surface area contributed by atoms with Crippen LogP contribution in [0.15, 0.2) is 24.3 Å². The molecule has 0 saturated carbocycles. The zero-order valence-electron chi connectivity index (χ0n) is 8.69. The van der Waals surface area contributed by atoms with E-state index in [9.17, 15) is 9.00 Å². The van der Waals surface area contributed by atoms with Crippen LogP contribution in [0.1, 0.15) is 10.4 Å². The van der Waals surface area contributed by atoms with Crippen molar-refractivity contribution in [3.63, 3.8) is 0 Å². The SMILES string of the molecule is O=C(c1ccccc1Cl)N1CCS(=O)CC1. The van der Waals surface area contributed by atoms with Crippen molar-refractivity contribution in [1.29, 1.82) is 0 Å². The fourth-order valence-corrected chi connectivity index (χ4v) is 2.91. The van der Waals surface area contributed by atoms with Gasteiger partial charge in [0, 0.05) is 35.4 Å². The van der Waals surface area contributed by atoms with Crippen LogP contribution >= 0.6 is 11.6 Å². The molecule has 1 aromatic rings. The monoisotopic (exact) mass is 257 g/mol. The molecule has 2 rings (SSSR count). The van der Waals surface area contributed by atoms with Crippen molar-refractivity contribution < 1.29 is 9.00 Å². The van der Waals surface area contributed by atoms with Gasteiger partial charge in [-0.2, -0.15) is 0 Å². The molecule has 0 unspecified atom stereocenters. The highest BCUT2D eigenvalue weighted by atomic mass is 35.5. The Hall–Kier alpha value is -0.870. The molecule has 1 fully saturated rings. The van der Waals surface area contributed by atoms with Crippen molar-refractivity contribution in [1.82, 2.24) is 4.90 Å². The minimum Gasteiger partial charge on any atom is -0.337 e. The maximum atomic E-state index is 12.1. The van der Waals surface area contributed by atoms with Gasteiger partial charge in [0.05, 0.1) is 10.6 Å². The number of nitrogens with zero attached hydrogens (tertiary/aromatic N) is 1. The molecule has 1 aliphatic rings. The third-order valence-electron chi connectivity index (χ3n) is 2.57. The molecule has 0 radical (unpaired) electrons. The van der Waals surface area contributed by atoms with Gasteiger partial charge in [-0.15, -0.1) is 0 Å². The molecular formula is C11H12ClNO2S. The number of hydrogen-bond donors (Lipinski definition) is 0. The summed E-state index contributed by atoms with van der Waals surface area (Å²) in [6.07, 6.45) is 0. The molecule has 0 aromatic heterocycles. The fraction of sp³-hybridized carbons (Fsp3) is 0.364. The average Bonchev–Trinajstić information content (AvgIpc) is 2.30. The molecule has 1 aliphatic heterocycles. The summed E-state index contributed by atoms with van der Waals surface area (Å²) in [6, 6.07) is 7.01. The smallest absolute Gasteiger partial charge is 0.255 e. The minimum absolute atomic E-state index is 0.0673. The Labute approximate surface area is 102 Å². The molecule has 1 saturated heterocycles. The standard InChI is InChI=1S/C11H12ClNO2S/c12-10-4-2-1-3-9(10)11(14)13-5-7-16(15)8-6-13/h1-4H,5-8H2. The number of benzene rings is 1. The van der Waals surface area contributed by atoms with Gasteiger partial charge in [0.1, 0.15) is 0 Å². The van der Waals surface area contributed by atoms with E-state index in [1.54, 1.807) is 29.2 Å². The lowest BCUT2D eigenvalue weighted by molar-refractivity contribution is 0.0771. The van der Waals surface area contributed by atoms with Crippen molar-refractivity contribution in [2.45, 2.75) is 0 Å². The van der Waals surface area contributed by atoms with Gasteiger partial charge in [0.2, 0.25) is 0 Å². The minimum atomic E-state index is -0.766. The Kier molecular flexibility index (Phi) is 3.61. The molecule has 0 atom stereocenters. The number of halogens is 1. The highest BCUT2D eigenvalue weighted by Crippen LogP contribution is 2.17. The van der Waals surface area contributed by atoms with Crippen molar-refractivity contribution in [2.75, 3.05) is 24.6 Å². The summed E-state index contributed by atoms with van der Waals surface area (Å²) >= 11 is 5.96. The zero-order valence-corrected chi connectivity index (χ0v) is 10.3. The van der Waals surface area contributed by atoms with Crippen molar-refractivity contribution in [3.8, 4) is 0 Å². The molecule has 0 bridgehead atoms. The number of carbonyl (C=O) groups excluding carboxylic acids is 1. The molecule has 86 valence electrons. The van der Waals surface area contributed by atoms with Gasteiger partial charge in [-0.05, 0) is 12.1 Å². The Bertz CT molecular complexity index is 426. The summed E-state index contributed by atoms with van der Waals surface area (Å²) in [5.74, 6) is 1.06. The van der Waals surface area contributed by atoms with Gasteiger partial charge in [-0.25, -0.2) is 0 Å². The first kappa shape index (κ1) is 11.6. The van der Waals surface area contributed by atoms with Crippen LogP contribution in [0.25, 0.3) is 0 Å². The van der Waals surface area contributed by atoms with Gasteiger partial charge in [0.25, 0.3) is 5.91 Å². The van der Waals surface area contributed by atoms with E-state index in [2.05, 4.69) is 0 Å². The predicted molar refractivity (Wildman–Crippen MR) is 65.2 cm³/mol. The van der Waals surface area contributed by atoms with Crippen LogP contribution in [0.5, 0.6) is 0 Å². The Morgan fingerprint density at radius 2 is 1.88 bits per heavy atom. The highest BCUT2D eigenvalue weighted by Gasteiger charge is 2.22. The summed E-state index contributed by atoms with van der Waals surface area (Å²) in [7, 11) is -0.766. The summed E-state index contributed by atoms with van der Waals surface area (Å²) in [5.41, 5.74) is 0.525. The third kappa shape index (κ3) is 2.44. The van der Waals surface area contributed by atoms with Crippen LogP contribution in [0, 0.1) is 0 Å². The van der Waals surface area contributed by atoms with E-state index in [0.717, 1.165) is 0 Å². The van der Waals surface area contributed by atoms with Crippen molar-refractivity contribution in [2.24, 2.45) is 0 Å². The maximum absolute atomic E-state index is 12.1. The zero-order chi connectivity index (χ0) is 11.5. The van der Waals surface area contributed by atoms with Crippen LogP contribution in [-0.4, -0.2) is 39.6 Å². The topological polar surface area (TPSA) is 37.4 Å². The molecule has 0 aliphatic carbocycles. The van der Waals surface area contributed by atoms with E-state index < -0.39 is 10.8 Å². The van der Waals surface area contributed by atoms with Crippen LogP contribution in [-0.2, 0) is 10.8 Å². The van der Waals surface area contributed by atoms with E-state index >= 15 is 0 Å². The molecular weight excluding hydrogens is 246 g/mol.